The molecule has 0 aliphatic heterocycles. The molecule has 22 heavy (non-hydrogen) atoms. The van der Waals surface area contributed by atoms with Crippen LogP contribution in [0.2, 0.25) is 5.15 Å². The zero-order chi connectivity index (χ0) is 15.7. The molecule has 0 aliphatic rings. The number of nitrogens with one attached hydrogen (secondary N) is 2. The summed E-state index contributed by atoms with van der Waals surface area (Å²) in [5, 5.41) is 11.5. The summed E-state index contributed by atoms with van der Waals surface area (Å²) in [5.74, 6) is -0.0983. The number of carbonyl (C=O) groups is 1. The first-order valence-corrected chi connectivity index (χ1v) is 7.27. The summed E-state index contributed by atoms with van der Waals surface area (Å²) in [7, 11) is 0. The van der Waals surface area contributed by atoms with Crippen LogP contribution in [0.5, 0.6) is 0 Å². The van der Waals surface area contributed by atoms with E-state index in [1.54, 1.807) is 6.07 Å². The lowest BCUT2D eigenvalue weighted by atomic mass is 10.1. The molecule has 1 aromatic carbocycles. The highest BCUT2D eigenvalue weighted by Gasteiger charge is 2.09. The third-order valence-electron chi connectivity index (χ3n) is 3.54. The molecule has 1 amide bonds. The van der Waals surface area contributed by atoms with Gasteiger partial charge in [-0.3, -0.25) is 9.89 Å². The summed E-state index contributed by atoms with van der Waals surface area (Å²) in [5.41, 5.74) is 4.19. The van der Waals surface area contributed by atoms with Gasteiger partial charge in [0.2, 0.25) is 5.91 Å². The largest absolute Gasteiger partial charge is 0.326 e. The molecule has 0 bridgehead atoms. The smallest absolute Gasteiger partial charge is 0.228 e. The van der Waals surface area contributed by atoms with Gasteiger partial charge in [0.1, 0.15) is 5.15 Å². The Labute approximate surface area is 132 Å². The van der Waals surface area contributed by atoms with Crippen molar-refractivity contribution in [2.75, 3.05) is 5.32 Å². The number of pyridine rings is 1. The van der Waals surface area contributed by atoms with Crippen molar-refractivity contribution in [2.24, 2.45) is 0 Å². The van der Waals surface area contributed by atoms with E-state index < -0.39 is 0 Å². The molecule has 6 heteroatoms. The number of hydrogen-bond donors (Lipinski definition) is 2. The van der Waals surface area contributed by atoms with Crippen molar-refractivity contribution in [1.82, 2.24) is 15.2 Å². The van der Waals surface area contributed by atoms with Crippen molar-refractivity contribution in [3.05, 3.63) is 52.4 Å². The number of aromatic nitrogens is 3. The van der Waals surface area contributed by atoms with Crippen LogP contribution in [0.15, 0.2) is 30.3 Å². The molecular weight excluding hydrogens is 300 g/mol. The SMILES string of the molecule is Cc1nc(Cl)ccc1CC(=O)Nc1ccc2c(C)[nH]nc2c1. The van der Waals surface area contributed by atoms with Crippen molar-refractivity contribution in [3.63, 3.8) is 0 Å². The lowest BCUT2D eigenvalue weighted by molar-refractivity contribution is -0.115. The van der Waals surface area contributed by atoms with Gasteiger partial charge in [0.25, 0.3) is 0 Å². The Balaban J connectivity index is 1.75. The molecule has 2 heterocycles. The molecule has 3 rings (SSSR count). The Morgan fingerprint density at radius 1 is 1.27 bits per heavy atom. The summed E-state index contributed by atoms with van der Waals surface area (Å²) in [4.78, 5) is 16.3. The van der Waals surface area contributed by atoms with Crippen LogP contribution in [0.1, 0.15) is 17.0 Å². The van der Waals surface area contributed by atoms with Gasteiger partial charge in [0, 0.05) is 22.5 Å². The van der Waals surface area contributed by atoms with E-state index in [-0.39, 0.29) is 12.3 Å². The van der Waals surface area contributed by atoms with Crippen LogP contribution in [0.3, 0.4) is 0 Å². The second kappa shape index (κ2) is 5.77. The average Bonchev–Trinajstić information content (AvgIpc) is 2.83. The van der Waals surface area contributed by atoms with E-state index in [1.165, 1.54) is 0 Å². The lowest BCUT2D eigenvalue weighted by Crippen LogP contribution is -2.15. The van der Waals surface area contributed by atoms with E-state index in [2.05, 4.69) is 20.5 Å². The molecule has 5 nitrogen and oxygen atoms in total. The number of benzene rings is 1. The molecule has 0 spiro atoms. The Morgan fingerprint density at radius 2 is 2.09 bits per heavy atom. The lowest BCUT2D eigenvalue weighted by Gasteiger charge is -2.07. The summed E-state index contributed by atoms with van der Waals surface area (Å²) in [6.45, 7) is 3.80. The van der Waals surface area contributed by atoms with Crippen LogP contribution in [0, 0.1) is 13.8 Å². The van der Waals surface area contributed by atoms with Crippen molar-refractivity contribution in [2.45, 2.75) is 20.3 Å². The van der Waals surface area contributed by atoms with Crippen LogP contribution in [-0.2, 0) is 11.2 Å². The molecule has 0 fully saturated rings. The Morgan fingerprint density at radius 3 is 2.86 bits per heavy atom. The quantitative estimate of drug-likeness (QED) is 0.728. The second-order valence-corrected chi connectivity index (χ2v) is 5.57. The Kier molecular flexibility index (Phi) is 3.81. The zero-order valence-corrected chi connectivity index (χ0v) is 13.0. The molecule has 0 radical (unpaired) electrons. The second-order valence-electron chi connectivity index (χ2n) is 5.18. The fourth-order valence-electron chi connectivity index (χ4n) is 2.35. The predicted molar refractivity (Wildman–Crippen MR) is 87.1 cm³/mol. The fourth-order valence-corrected chi connectivity index (χ4v) is 2.54. The zero-order valence-electron chi connectivity index (χ0n) is 12.3. The molecule has 0 unspecified atom stereocenters. The predicted octanol–water partition coefficient (Wildman–Crippen LogP) is 3.41. The minimum absolute atomic E-state index is 0.0983. The number of carbonyl (C=O) groups excluding carboxylic acids is 1. The summed E-state index contributed by atoms with van der Waals surface area (Å²) in [6.07, 6.45) is 0.258. The summed E-state index contributed by atoms with van der Waals surface area (Å²) >= 11 is 5.82. The average molecular weight is 315 g/mol. The van der Waals surface area contributed by atoms with Gasteiger partial charge in [-0.1, -0.05) is 17.7 Å². The number of amides is 1. The Hall–Kier alpha value is -2.40. The van der Waals surface area contributed by atoms with E-state index in [0.29, 0.717) is 5.15 Å². The van der Waals surface area contributed by atoms with Crippen molar-refractivity contribution < 1.29 is 4.79 Å². The van der Waals surface area contributed by atoms with Crippen molar-refractivity contribution in [3.8, 4) is 0 Å². The molecule has 3 aromatic rings. The maximum Gasteiger partial charge on any atom is 0.228 e. The highest BCUT2D eigenvalue weighted by molar-refractivity contribution is 6.29. The van der Waals surface area contributed by atoms with Gasteiger partial charge >= 0.3 is 0 Å². The number of halogens is 1. The molecule has 2 aromatic heterocycles. The third-order valence-corrected chi connectivity index (χ3v) is 3.75. The van der Waals surface area contributed by atoms with Crippen LogP contribution >= 0.6 is 11.6 Å². The van der Waals surface area contributed by atoms with E-state index in [9.17, 15) is 4.79 Å². The number of rotatable bonds is 3. The number of hydrogen-bond acceptors (Lipinski definition) is 3. The van der Waals surface area contributed by atoms with Crippen LogP contribution in [0.4, 0.5) is 5.69 Å². The minimum atomic E-state index is -0.0983. The van der Waals surface area contributed by atoms with Crippen molar-refractivity contribution >= 4 is 34.1 Å². The van der Waals surface area contributed by atoms with Crippen molar-refractivity contribution in [1.29, 1.82) is 0 Å². The van der Waals surface area contributed by atoms with E-state index in [4.69, 9.17) is 11.6 Å². The molecule has 112 valence electrons. The molecule has 0 saturated carbocycles. The fraction of sp³-hybridized carbons (Fsp3) is 0.188. The molecule has 0 saturated heterocycles. The topological polar surface area (TPSA) is 70.7 Å². The number of H-pyrrole nitrogens is 1. The number of aryl methyl sites for hydroxylation is 2. The molecule has 0 atom stereocenters. The minimum Gasteiger partial charge on any atom is -0.326 e. The summed E-state index contributed by atoms with van der Waals surface area (Å²) in [6, 6.07) is 9.18. The first-order chi connectivity index (χ1) is 10.5. The van der Waals surface area contributed by atoms with Gasteiger partial charge in [-0.2, -0.15) is 5.10 Å². The van der Waals surface area contributed by atoms with Gasteiger partial charge < -0.3 is 5.32 Å². The van der Waals surface area contributed by atoms with Gasteiger partial charge in [0.05, 0.1) is 11.9 Å². The molecular formula is C16H15ClN4O. The third kappa shape index (κ3) is 2.94. The van der Waals surface area contributed by atoms with Crippen LogP contribution in [0.25, 0.3) is 10.9 Å². The number of fused-ring (bicyclic) bond motifs is 1. The van der Waals surface area contributed by atoms with Gasteiger partial charge in [-0.05, 0) is 43.7 Å². The summed E-state index contributed by atoms with van der Waals surface area (Å²) < 4.78 is 0. The van der Waals surface area contributed by atoms with Gasteiger partial charge in [-0.15, -0.1) is 0 Å². The number of aromatic amines is 1. The molecule has 2 N–H and O–H groups in total. The normalized spacial score (nSPS) is 10.9. The van der Waals surface area contributed by atoms with Gasteiger partial charge in [-0.25, -0.2) is 4.98 Å². The number of nitrogens with zero attached hydrogens (tertiary/aromatic N) is 2. The first-order valence-electron chi connectivity index (χ1n) is 6.89. The van der Waals surface area contributed by atoms with Gasteiger partial charge in [0.15, 0.2) is 0 Å². The first kappa shape index (κ1) is 14.5. The Bertz CT molecular complexity index is 856. The van der Waals surface area contributed by atoms with Crippen LogP contribution in [-0.4, -0.2) is 21.1 Å². The van der Waals surface area contributed by atoms with Crippen LogP contribution < -0.4 is 5.32 Å². The standard InChI is InChI=1S/C16H15ClN4O/c1-9-11(3-6-15(17)18-9)7-16(22)19-12-4-5-13-10(2)20-21-14(13)8-12/h3-6,8H,7H2,1-2H3,(H,19,22)(H,20,21). The highest BCUT2D eigenvalue weighted by Crippen LogP contribution is 2.20. The number of anilines is 1. The van der Waals surface area contributed by atoms with E-state index in [1.807, 2.05) is 38.1 Å². The van der Waals surface area contributed by atoms with E-state index in [0.717, 1.165) is 33.5 Å². The maximum atomic E-state index is 12.2. The van der Waals surface area contributed by atoms with E-state index >= 15 is 0 Å². The molecule has 0 aliphatic carbocycles. The monoisotopic (exact) mass is 314 g/mol. The highest BCUT2D eigenvalue weighted by atomic mass is 35.5. The maximum absolute atomic E-state index is 12.2.